The molecule has 0 amide bonds. The molecule has 1 unspecified atom stereocenters. The Labute approximate surface area is 137 Å². The smallest absolute Gasteiger partial charge is 0.142 e. The Morgan fingerprint density at radius 2 is 2.11 bits per heavy atom. The normalized spacial score (nSPS) is 12.7. The minimum Gasteiger partial charge on any atom is -0.313 e. The topological polar surface area (TPSA) is 12.0 Å². The Balaban J connectivity index is 2.23. The van der Waals surface area contributed by atoms with E-state index in [1.54, 1.807) is 17.4 Å². The minimum atomic E-state index is -0.375. The summed E-state index contributed by atoms with van der Waals surface area (Å²) in [7, 11) is 1.90. The van der Waals surface area contributed by atoms with E-state index in [0.717, 1.165) is 18.7 Å². The lowest BCUT2D eigenvalue weighted by Gasteiger charge is -2.16. The van der Waals surface area contributed by atoms with E-state index in [1.807, 2.05) is 13.1 Å². The highest BCUT2D eigenvalue weighted by Crippen LogP contribution is 2.36. The van der Waals surface area contributed by atoms with Crippen LogP contribution >= 0.6 is 54.8 Å². The molecule has 102 valence electrons. The zero-order valence-corrected chi connectivity index (χ0v) is 14.8. The van der Waals surface area contributed by atoms with Crippen LogP contribution in [0.2, 0.25) is 5.02 Å². The van der Waals surface area contributed by atoms with E-state index in [9.17, 15) is 4.39 Å². The third kappa shape index (κ3) is 3.79. The molecule has 19 heavy (non-hydrogen) atoms. The first-order chi connectivity index (χ1) is 9.01. The Morgan fingerprint density at radius 3 is 2.63 bits per heavy atom. The van der Waals surface area contributed by atoms with Crippen molar-refractivity contribution in [3.63, 3.8) is 0 Å². The highest BCUT2D eigenvalue weighted by Gasteiger charge is 2.16. The van der Waals surface area contributed by atoms with Crippen LogP contribution in [-0.4, -0.2) is 7.05 Å². The largest absolute Gasteiger partial charge is 0.313 e. The third-order valence-electron chi connectivity index (χ3n) is 2.83. The molecule has 0 saturated carbocycles. The number of hydrogen-bond acceptors (Lipinski definition) is 2. The maximum atomic E-state index is 13.5. The van der Waals surface area contributed by atoms with Crippen LogP contribution in [-0.2, 0) is 6.42 Å². The van der Waals surface area contributed by atoms with Crippen LogP contribution in [0.25, 0.3) is 0 Å². The van der Waals surface area contributed by atoms with E-state index in [1.165, 1.54) is 6.07 Å². The molecule has 2 aromatic rings. The highest BCUT2D eigenvalue weighted by atomic mass is 79.9. The molecule has 0 radical (unpaired) electrons. The van der Waals surface area contributed by atoms with E-state index in [-0.39, 0.29) is 16.9 Å². The zero-order chi connectivity index (χ0) is 14.0. The van der Waals surface area contributed by atoms with E-state index in [0.29, 0.717) is 6.42 Å². The van der Waals surface area contributed by atoms with Crippen LogP contribution in [0.1, 0.15) is 17.2 Å². The Hall–Kier alpha value is 0.0600. The summed E-state index contributed by atoms with van der Waals surface area (Å²) in [4.78, 5) is 0. The average molecular weight is 428 g/mol. The van der Waals surface area contributed by atoms with Gasteiger partial charge in [-0.3, -0.25) is 0 Å². The van der Waals surface area contributed by atoms with Gasteiger partial charge in [0.15, 0.2) is 0 Å². The fourth-order valence-electron chi connectivity index (χ4n) is 1.86. The molecule has 1 N–H and O–H groups in total. The van der Waals surface area contributed by atoms with Gasteiger partial charge in [-0.2, -0.15) is 0 Å². The first-order valence-electron chi connectivity index (χ1n) is 5.57. The Morgan fingerprint density at radius 1 is 1.37 bits per heavy atom. The minimum absolute atomic E-state index is 0.123. The van der Waals surface area contributed by atoms with E-state index in [2.05, 4.69) is 43.2 Å². The number of nitrogens with one attached hydrogen (secondary N) is 1. The maximum Gasteiger partial charge on any atom is 0.142 e. The monoisotopic (exact) mass is 425 g/mol. The van der Waals surface area contributed by atoms with Crippen molar-refractivity contribution in [2.24, 2.45) is 0 Å². The number of likely N-dealkylation sites (N-methyl/N-ethyl adjacent to an activating group) is 1. The number of halogens is 4. The van der Waals surface area contributed by atoms with Crippen LogP contribution in [0.5, 0.6) is 0 Å². The van der Waals surface area contributed by atoms with Crippen molar-refractivity contribution in [2.45, 2.75) is 12.5 Å². The standard InChI is InChI=1S/C13H11Br2ClFNS/c1-18-11(8-6-12(14)19-13(8)15)5-7-2-3-9(16)10(17)4-7/h2-4,6,11,18H,5H2,1H3. The van der Waals surface area contributed by atoms with E-state index >= 15 is 0 Å². The van der Waals surface area contributed by atoms with Gasteiger partial charge in [0.2, 0.25) is 0 Å². The maximum absolute atomic E-state index is 13.5. The predicted molar refractivity (Wildman–Crippen MR) is 86.6 cm³/mol. The number of benzene rings is 1. The van der Waals surface area contributed by atoms with Crippen molar-refractivity contribution < 1.29 is 4.39 Å². The summed E-state index contributed by atoms with van der Waals surface area (Å²) in [5.41, 5.74) is 2.07. The molecule has 1 aromatic carbocycles. The van der Waals surface area contributed by atoms with Gasteiger partial charge < -0.3 is 5.32 Å². The van der Waals surface area contributed by atoms with E-state index < -0.39 is 0 Å². The molecule has 0 spiro atoms. The van der Waals surface area contributed by atoms with Gasteiger partial charge in [0.05, 0.1) is 12.6 Å². The summed E-state index contributed by atoms with van der Waals surface area (Å²) in [6.45, 7) is 0. The first kappa shape index (κ1) is 15.4. The predicted octanol–water partition coefficient (Wildman–Crippen LogP) is 5.57. The highest BCUT2D eigenvalue weighted by molar-refractivity contribution is 9.12. The molecule has 1 atom stereocenters. The second-order valence-corrected chi connectivity index (χ2v) is 8.23. The zero-order valence-electron chi connectivity index (χ0n) is 10.0. The summed E-state index contributed by atoms with van der Waals surface area (Å²) in [6.07, 6.45) is 0.701. The second-order valence-electron chi connectivity index (χ2n) is 4.07. The van der Waals surface area contributed by atoms with Crippen molar-refractivity contribution in [2.75, 3.05) is 7.05 Å². The van der Waals surface area contributed by atoms with Crippen molar-refractivity contribution in [1.29, 1.82) is 0 Å². The van der Waals surface area contributed by atoms with Crippen molar-refractivity contribution in [3.8, 4) is 0 Å². The molecule has 0 aliphatic heterocycles. The summed E-state index contributed by atoms with van der Waals surface area (Å²) in [6, 6.07) is 7.13. The number of thiophene rings is 1. The Kier molecular flexibility index (Phi) is 5.43. The number of rotatable bonds is 4. The molecule has 1 heterocycles. The summed E-state index contributed by atoms with van der Waals surface area (Å²) < 4.78 is 15.6. The fourth-order valence-corrected chi connectivity index (χ4v) is 4.95. The molecule has 2 rings (SSSR count). The Bertz CT molecular complexity index is 588. The van der Waals surface area contributed by atoms with Crippen LogP contribution in [0.15, 0.2) is 31.8 Å². The van der Waals surface area contributed by atoms with Gasteiger partial charge in [-0.25, -0.2) is 4.39 Å². The summed E-state index contributed by atoms with van der Waals surface area (Å²) in [5.74, 6) is -0.375. The molecule has 0 bridgehead atoms. The third-order valence-corrected chi connectivity index (χ3v) is 5.52. The molecule has 6 heteroatoms. The molecular weight excluding hydrogens is 416 g/mol. The first-order valence-corrected chi connectivity index (χ1v) is 8.35. The molecular formula is C13H11Br2ClFNS. The van der Waals surface area contributed by atoms with Crippen LogP contribution in [0.4, 0.5) is 4.39 Å². The SMILES string of the molecule is CNC(Cc1ccc(Cl)c(F)c1)c1cc(Br)sc1Br. The lowest BCUT2D eigenvalue weighted by atomic mass is 10.0. The molecule has 0 aliphatic rings. The van der Waals surface area contributed by atoms with Gasteiger partial charge in [-0.05, 0) is 74.7 Å². The quantitative estimate of drug-likeness (QED) is 0.673. The summed E-state index contributed by atoms with van der Waals surface area (Å²) >= 11 is 14.3. The molecule has 1 nitrogen and oxygen atoms in total. The van der Waals surface area contributed by atoms with Gasteiger partial charge >= 0.3 is 0 Å². The van der Waals surface area contributed by atoms with E-state index in [4.69, 9.17) is 11.6 Å². The van der Waals surface area contributed by atoms with Gasteiger partial charge in [-0.1, -0.05) is 17.7 Å². The van der Waals surface area contributed by atoms with Crippen LogP contribution in [0.3, 0.4) is 0 Å². The molecule has 0 fully saturated rings. The lowest BCUT2D eigenvalue weighted by molar-refractivity contribution is 0.584. The fraction of sp³-hybridized carbons (Fsp3) is 0.231. The molecule has 0 saturated heterocycles. The van der Waals surface area contributed by atoms with Crippen molar-refractivity contribution in [1.82, 2.24) is 5.32 Å². The number of hydrogen-bond donors (Lipinski definition) is 1. The summed E-state index contributed by atoms with van der Waals surface area (Å²) in [5, 5.41) is 3.41. The second kappa shape index (κ2) is 6.68. The van der Waals surface area contributed by atoms with Crippen LogP contribution in [0, 0.1) is 5.82 Å². The lowest BCUT2D eigenvalue weighted by Crippen LogP contribution is -2.18. The van der Waals surface area contributed by atoms with Gasteiger partial charge in [0.25, 0.3) is 0 Å². The van der Waals surface area contributed by atoms with Crippen molar-refractivity contribution >= 4 is 54.8 Å². The molecule has 0 aliphatic carbocycles. The van der Waals surface area contributed by atoms with Crippen LogP contribution < -0.4 is 5.32 Å². The molecule has 1 aromatic heterocycles. The van der Waals surface area contributed by atoms with Gasteiger partial charge in [0.1, 0.15) is 5.82 Å². The van der Waals surface area contributed by atoms with Gasteiger partial charge in [0, 0.05) is 6.04 Å². The van der Waals surface area contributed by atoms with Gasteiger partial charge in [-0.15, -0.1) is 11.3 Å². The van der Waals surface area contributed by atoms with Crippen molar-refractivity contribution in [3.05, 3.63) is 53.8 Å². The average Bonchev–Trinajstić information content (AvgIpc) is 2.70.